The van der Waals surface area contributed by atoms with E-state index in [-0.39, 0.29) is 17.3 Å². The van der Waals surface area contributed by atoms with Crippen LogP contribution in [0, 0.1) is 5.92 Å². The number of carbonyl (C=O) groups excluding carboxylic acids is 1. The van der Waals surface area contributed by atoms with Crippen molar-refractivity contribution in [2.24, 2.45) is 5.92 Å². The molecule has 2 rings (SSSR count). The molecule has 0 spiro atoms. The number of aryl methyl sites for hydroxylation is 1. The van der Waals surface area contributed by atoms with Crippen molar-refractivity contribution in [1.82, 2.24) is 0 Å². The van der Waals surface area contributed by atoms with E-state index in [0.717, 1.165) is 38.5 Å². The molecule has 29 heavy (non-hydrogen) atoms. The van der Waals surface area contributed by atoms with Crippen molar-refractivity contribution in [3.05, 3.63) is 70.6 Å². The van der Waals surface area contributed by atoms with Crippen LogP contribution in [-0.2, 0) is 16.0 Å². The minimum Gasteiger partial charge on any atom is -0.504 e. The number of aliphatic hydroxyl groups excluding tert-OH is 1. The zero-order chi connectivity index (χ0) is 21.2. The maximum absolute atomic E-state index is 11.4. The van der Waals surface area contributed by atoms with E-state index in [1.54, 1.807) is 13.2 Å². The van der Waals surface area contributed by atoms with Crippen molar-refractivity contribution in [1.29, 1.82) is 0 Å². The molecule has 158 valence electrons. The second-order valence-electron chi connectivity index (χ2n) is 8.07. The third kappa shape index (κ3) is 7.80. The van der Waals surface area contributed by atoms with E-state index in [2.05, 4.69) is 32.9 Å². The van der Waals surface area contributed by atoms with Gasteiger partial charge in [0.15, 0.2) is 11.5 Å². The van der Waals surface area contributed by atoms with Crippen molar-refractivity contribution >= 4 is 5.97 Å². The van der Waals surface area contributed by atoms with E-state index >= 15 is 0 Å². The van der Waals surface area contributed by atoms with E-state index in [9.17, 15) is 9.90 Å². The maximum Gasteiger partial charge on any atom is 0.343 e. The molecule has 1 aliphatic heterocycles. The number of ether oxygens (including phenoxy) is 1. The van der Waals surface area contributed by atoms with Crippen LogP contribution in [0.1, 0.15) is 71.8 Å². The summed E-state index contributed by atoms with van der Waals surface area (Å²) < 4.78 is 10.2. The Balaban J connectivity index is 1.64. The Hall–Kier alpha value is -2.49. The first-order valence-corrected chi connectivity index (χ1v) is 10.5. The Bertz CT molecular complexity index is 791. The summed E-state index contributed by atoms with van der Waals surface area (Å²) in [7, 11) is 0. The van der Waals surface area contributed by atoms with Crippen LogP contribution in [0.4, 0.5) is 0 Å². The number of furan rings is 1. The van der Waals surface area contributed by atoms with Gasteiger partial charge in [0.25, 0.3) is 0 Å². The highest BCUT2D eigenvalue weighted by Gasteiger charge is 2.26. The first-order chi connectivity index (χ1) is 13.9. The van der Waals surface area contributed by atoms with Gasteiger partial charge >= 0.3 is 5.97 Å². The van der Waals surface area contributed by atoms with Crippen LogP contribution >= 0.6 is 0 Å². The third-order valence-corrected chi connectivity index (χ3v) is 5.30. The first-order valence-electron chi connectivity index (χ1n) is 10.5. The summed E-state index contributed by atoms with van der Waals surface area (Å²) in [5, 5.41) is 9.88. The maximum atomic E-state index is 11.4. The lowest BCUT2D eigenvalue weighted by atomic mass is 10.0. The summed E-state index contributed by atoms with van der Waals surface area (Å²) in [5.41, 5.74) is 4.41. The van der Waals surface area contributed by atoms with Crippen LogP contribution in [0.2, 0.25) is 0 Å². The fourth-order valence-electron chi connectivity index (χ4n) is 3.32. The lowest BCUT2D eigenvalue weighted by Crippen LogP contribution is -1.97. The van der Waals surface area contributed by atoms with Crippen LogP contribution in [-0.4, -0.2) is 11.1 Å². The molecule has 1 aliphatic rings. The molecular weight excluding hydrogens is 364 g/mol. The summed E-state index contributed by atoms with van der Waals surface area (Å²) >= 11 is 0. The van der Waals surface area contributed by atoms with Gasteiger partial charge in [-0.2, -0.15) is 0 Å². The van der Waals surface area contributed by atoms with E-state index in [1.165, 1.54) is 23.1 Å². The molecule has 0 fully saturated rings. The highest BCUT2D eigenvalue weighted by Crippen LogP contribution is 2.26. The van der Waals surface area contributed by atoms with Crippen LogP contribution in [0.15, 0.2) is 69.5 Å². The zero-order valence-corrected chi connectivity index (χ0v) is 18.2. The average molecular weight is 399 g/mol. The number of cyclic esters (lactones) is 1. The van der Waals surface area contributed by atoms with Gasteiger partial charge in [-0.1, -0.05) is 30.2 Å². The Labute approximate surface area is 174 Å². The van der Waals surface area contributed by atoms with Crippen molar-refractivity contribution < 1.29 is 19.1 Å². The highest BCUT2D eigenvalue weighted by atomic mass is 16.6. The number of rotatable bonds is 11. The molecule has 4 heteroatoms. The van der Waals surface area contributed by atoms with E-state index < -0.39 is 5.97 Å². The largest absolute Gasteiger partial charge is 0.504 e. The normalized spacial score (nSPS) is 17.9. The molecule has 1 unspecified atom stereocenters. The van der Waals surface area contributed by atoms with Crippen molar-refractivity contribution in [3.63, 3.8) is 0 Å². The lowest BCUT2D eigenvalue weighted by molar-refractivity contribution is -0.133. The molecule has 0 bridgehead atoms. The number of aliphatic hydroxyl groups is 1. The van der Waals surface area contributed by atoms with Crippen molar-refractivity contribution in [2.75, 3.05) is 0 Å². The van der Waals surface area contributed by atoms with Gasteiger partial charge in [0.05, 0.1) is 18.1 Å². The monoisotopic (exact) mass is 398 g/mol. The molecule has 1 aromatic rings. The summed E-state index contributed by atoms with van der Waals surface area (Å²) in [6.07, 6.45) is 17.5. The van der Waals surface area contributed by atoms with Gasteiger partial charge < -0.3 is 14.3 Å². The molecule has 4 nitrogen and oxygen atoms in total. The second kappa shape index (κ2) is 11.5. The number of esters is 1. The van der Waals surface area contributed by atoms with Gasteiger partial charge in [0, 0.05) is 0 Å². The van der Waals surface area contributed by atoms with Gasteiger partial charge in [-0.15, -0.1) is 0 Å². The Morgan fingerprint density at radius 2 is 1.86 bits per heavy atom. The standard InChI is InChI=1S/C25H34O4/c1-18(8-5-9-19(2)11-7-13-22-14-15-28-17-22)10-6-12-20(3)16-23-24(26)21(4)25(27)29-23/h10-11,14-17,20,26H,5-9,12-13H2,1-4H3. The van der Waals surface area contributed by atoms with E-state index in [4.69, 9.17) is 9.15 Å². The molecule has 0 aliphatic carbocycles. The quantitative estimate of drug-likeness (QED) is 0.323. The van der Waals surface area contributed by atoms with E-state index in [1.807, 2.05) is 18.4 Å². The number of carbonyl (C=O) groups is 1. The Kier molecular flexibility index (Phi) is 9.04. The molecule has 0 aromatic carbocycles. The summed E-state index contributed by atoms with van der Waals surface area (Å²) in [5.74, 6) is 0.0512. The van der Waals surface area contributed by atoms with Crippen molar-refractivity contribution in [3.8, 4) is 0 Å². The van der Waals surface area contributed by atoms with Crippen LogP contribution in [0.5, 0.6) is 0 Å². The van der Waals surface area contributed by atoms with Gasteiger partial charge in [-0.05, 0) is 89.3 Å². The number of hydrogen-bond acceptors (Lipinski definition) is 4. The SMILES string of the molecule is CC(=CCCc1ccoc1)CCCC(C)=CCCC(C)C=C1OC(=O)C(C)=C1O. The van der Waals surface area contributed by atoms with E-state index in [0.29, 0.717) is 5.76 Å². The molecule has 0 saturated carbocycles. The van der Waals surface area contributed by atoms with Gasteiger partial charge in [-0.25, -0.2) is 4.79 Å². The minimum absolute atomic E-state index is 0.0261. The average Bonchev–Trinajstić information content (AvgIpc) is 3.27. The molecule has 1 aromatic heterocycles. The number of hydrogen-bond donors (Lipinski definition) is 1. The highest BCUT2D eigenvalue weighted by molar-refractivity contribution is 5.93. The van der Waals surface area contributed by atoms with Gasteiger partial charge in [0.2, 0.25) is 0 Å². The smallest absolute Gasteiger partial charge is 0.343 e. The molecule has 0 radical (unpaired) electrons. The third-order valence-electron chi connectivity index (χ3n) is 5.30. The second-order valence-corrected chi connectivity index (χ2v) is 8.07. The topological polar surface area (TPSA) is 59.7 Å². The summed E-state index contributed by atoms with van der Waals surface area (Å²) in [6.45, 7) is 8.05. The minimum atomic E-state index is -0.456. The Morgan fingerprint density at radius 3 is 2.45 bits per heavy atom. The van der Waals surface area contributed by atoms with Crippen LogP contribution in [0.3, 0.4) is 0 Å². The molecule has 0 amide bonds. The zero-order valence-electron chi connectivity index (χ0n) is 18.2. The predicted molar refractivity (Wildman–Crippen MR) is 116 cm³/mol. The van der Waals surface area contributed by atoms with Crippen LogP contribution in [0.25, 0.3) is 0 Å². The number of allylic oxidation sites excluding steroid dienone is 5. The molecule has 0 saturated heterocycles. The lowest BCUT2D eigenvalue weighted by Gasteiger charge is -2.07. The van der Waals surface area contributed by atoms with Gasteiger partial charge in [-0.3, -0.25) is 0 Å². The van der Waals surface area contributed by atoms with Crippen molar-refractivity contribution in [2.45, 2.75) is 72.6 Å². The molecule has 2 heterocycles. The van der Waals surface area contributed by atoms with Gasteiger partial charge in [0.1, 0.15) is 0 Å². The molecule has 1 N–H and O–H groups in total. The Morgan fingerprint density at radius 1 is 1.17 bits per heavy atom. The predicted octanol–water partition coefficient (Wildman–Crippen LogP) is 6.96. The summed E-state index contributed by atoms with van der Waals surface area (Å²) in [4.78, 5) is 11.4. The first kappa shape index (κ1) is 22.8. The molecule has 1 atom stereocenters. The fourth-order valence-corrected chi connectivity index (χ4v) is 3.32. The fraction of sp³-hybridized carbons (Fsp3) is 0.480. The molecular formula is C25H34O4. The van der Waals surface area contributed by atoms with Crippen LogP contribution < -0.4 is 0 Å². The summed E-state index contributed by atoms with van der Waals surface area (Å²) in [6, 6.07) is 2.02.